The lowest BCUT2D eigenvalue weighted by Crippen LogP contribution is -2.43. The first-order chi connectivity index (χ1) is 14.2. The molecule has 0 aromatic heterocycles. The minimum atomic E-state index is -5.33. The van der Waals surface area contributed by atoms with Gasteiger partial charge in [0.2, 0.25) is 0 Å². The van der Waals surface area contributed by atoms with Crippen LogP contribution in [-0.4, -0.2) is 17.7 Å². The van der Waals surface area contributed by atoms with Gasteiger partial charge in [-0.1, -0.05) is 28.9 Å². The SMILES string of the molecule is CC(=O)c1ccc(C2=NO[C@@](c3cc(C(F)(F)F)cc(Cl)c3F)(C(F)(F)F)C2)cc1C. The van der Waals surface area contributed by atoms with Crippen molar-refractivity contribution in [3.05, 3.63) is 69.0 Å². The average molecular weight is 468 g/mol. The zero-order chi connectivity index (χ0) is 23.4. The predicted octanol–water partition coefficient (Wildman–Crippen LogP) is 6.59. The summed E-state index contributed by atoms with van der Waals surface area (Å²) >= 11 is 5.47. The van der Waals surface area contributed by atoms with Crippen molar-refractivity contribution < 1.29 is 40.4 Å². The standard InChI is InChI=1S/C20H13ClF7NO2/c1-9-5-11(3-4-13(9)10(2)30)16-8-18(31-29-16,20(26,27)28)14-6-12(19(23,24)25)7-15(21)17(14)22/h3-7H,8H2,1-2H3/t18-/m0/s1. The summed E-state index contributed by atoms with van der Waals surface area (Å²) in [7, 11) is 0. The van der Waals surface area contributed by atoms with Crippen LogP contribution in [0.3, 0.4) is 0 Å². The van der Waals surface area contributed by atoms with Crippen LogP contribution in [0, 0.1) is 12.7 Å². The third kappa shape index (κ3) is 4.00. The van der Waals surface area contributed by atoms with Gasteiger partial charge in [-0.15, -0.1) is 0 Å². The third-order valence-electron chi connectivity index (χ3n) is 4.92. The van der Waals surface area contributed by atoms with Crippen LogP contribution in [0.15, 0.2) is 35.5 Å². The number of nitrogens with zero attached hydrogens (tertiary/aromatic N) is 1. The van der Waals surface area contributed by atoms with E-state index in [0.717, 1.165) is 0 Å². The Bertz CT molecular complexity index is 1090. The number of Topliss-reactive ketones (excluding diaryl/α,β-unsaturated/α-hetero) is 1. The number of halogens is 8. The van der Waals surface area contributed by atoms with Crippen molar-refractivity contribution in [3.63, 3.8) is 0 Å². The molecule has 3 rings (SSSR count). The van der Waals surface area contributed by atoms with Crippen LogP contribution in [-0.2, 0) is 16.6 Å². The fourth-order valence-corrected chi connectivity index (χ4v) is 3.54. The highest BCUT2D eigenvalue weighted by Gasteiger charge is 2.64. The topological polar surface area (TPSA) is 38.7 Å². The molecule has 1 aliphatic rings. The fraction of sp³-hybridized carbons (Fsp3) is 0.300. The molecule has 0 radical (unpaired) electrons. The lowest BCUT2D eigenvalue weighted by atomic mass is 9.85. The minimum absolute atomic E-state index is 0.0251. The number of oxime groups is 1. The van der Waals surface area contributed by atoms with Crippen molar-refractivity contribution >= 4 is 23.1 Å². The number of carbonyl (C=O) groups excluding carboxylic acids is 1. The Balaban J connectivity index is 2.12. The van der Waals surface area contributed by atoms with Crippen molar-refractivity contribution in [3.8, 4) is 0 Å². The van der Waals surface area contributed by atoms with Crippen LogP contribution in [0.1, 0.15) is 46.0 Å². The number of alkyl halides is 6. The van der Waals surface area contributed by atoms with Gasteiger partial charge in [0, 0.05) is 11.1 Å². The van der Waals surface area contributed by atoms with Gasteiger partial charge in [0.25, 0.3) is 5.60 Å². The van der Waals surface area contributed by atoms with Crippen LogP contribution in [0.5, 0.6) is 0 Å². The van der Waals surface area contributed by atoms with Gasteiger partial charge in [-0.25, -0.2) is 4.39 Å². The summed E-state index contributed by atoms with van der Waals surface area (Å²) in [4.78, 5) is 16.2. The molecule has 0 N–H and O–H groups in total. The van der Waals surface area contributed by atoms with E-state index in [1.807, 2.05) is 0 Å². The van der Waals surface area contributed by atoms with Gasteiger partial charge < -0.3 is 4.84 Å². The molecule has 0 aliphatic carbocycles. The van der Waals surface area contributed by atoms with Crippen molar-refractivity contribution in [2.75, 3.05) is 0 Å². The summed E-state index contributed by atoms with van der Waals surface area (Å²) in [5.74, 6) is -1.95. The van der Waals surface area contributed by atoms with Gasteiger partial charge in [0.05, 0.1) is 22.7 Å². The fourth-order valence-electron chi connectivity index (χ4n) is 3.32. The number of aryl methyl sites for hydroxylation is 1. The Morgan fingerprint density at radius 3 is 2.29 bits per heavy atom. The first kappa shape index (κ1) is 23.1. The first-order valence-corrected chi connectivity index (χ1v) is 9.05. The van der Waals surface area contributed by atoms with Crippen LogP contribution in [0.4, 0.5) is 30.7 Å². The van der Waals surface area contributed by atoms with E-state index in [1.165, 1.54) is 25.1 Å². The van der Waals surface area contributed by atoms with Gasteiger partial charge in [0.1, 0.15) is 5.82 Å². The molecular formula is C20H13ClF7NO2. The summed E-state index contributed by atoms with van der Waals surface area (Å²) in [5.41, 5.74) is -5.83. The minimum Gasteiger partial charge on any atom is -0.374 e. The third-order valence-corrected chi connectivity index (χ3v) is 5.19. The second-order valence-corrected chi connectivity index (χ2v) is 7.44. The average Bonchev–Trinajstić information content (AvgIpc) is 3.09. The summed E-state index contributed by atoms with van der Waals surface area (Å²) in [6, 6.07) is 4.32. The molecule has 0 amide bonds. The molecule has 0 bridgehead atoms. The van der Waals surface area contributed by atoms with Crippen LogP contribution >= 0.6 is 11.6 Å². The van der Waals surface area contributed by atoms with E-state index >= 15 is 0 Å². The number of hydrogen-bond donors (Lipinski definition) is 0. The van der Waals surface area contributed by atoms with E-state index in [-0.39, 0.29) is 29.2 Å². The number of rotatable bonds is 3. The van der Waals surface area contributed by atoms with Gasteiger partial charge in [-0.3, -0.25) is 4.79 Å². The Kier molecular flexibility index (Phi) is 5.58. The largest absolute Gasteiger partial charge is 0.435 e. The monoisotopic (exact) mass is 467 g/mol. The normalized spacial score (nSPS) is 19.2. The van der Waals surface area contributed by atoms with E-state index in [0.29, 0.717) is 11.1 Å². The van der Waals surface area contributed by atoms with E-state index in [9.17, 15) is 35.5 Å². The number of hydrogen-bond acceptors (Lipinski definition) is 3. The van der Waals surface area contributed by atoms with Crippen molar-refractivity contribution in [1.82, 2.24) is 0 Å². The summed E-state index contributed by atoms with van der Waals surface area (Å²) in [6.07, 6.45) is -11.5. The molecule has 2 aromatic rings. The lowest BCUT2D eigenvalue weighted by Gasteiger charge is -2.30. The lowest BCUT2D eigenvalue weighted by molar-refractivity contribution is -0.276. The molecule has 0 unspecified atom stereocenters. The smallest absolute Gasteiger partial charge is 0.374 e. The maximum Gasteiger partial charge on any atom is 0.435 e. The molecule has 0 saturated heterocycles. The molecule has 2 aromatic carbocycles. The Morgan fingerprint density at radius 1 is 1.13 bits per heavy atom. The Morgan fingerprint density at radius 2 is 1.77 bits per heavy atom. The van der Waals surface area contributed by atoms with E-state index in [2.05, 4.69) is 9.99 Å². The molecule has 0 fully saturated rings. The molecule has 0 spiro atoms. The zero-order valence-corrected chi connectivity index (χ0v) is 16.6. The van der Waals surface area contributed by atoms with Gasteiger partial charge >= 0.3 is 12.4 Å². The molecule has 0 saturated carbocycles. The van der Waals surface area contributed by atoms with Gasteiger partial charge in [-0.05, 0) is 43.2 Å². The molecule has 3 nitrogen and oxygen atoms in total. The summed E-state index contributed by atoms with van der Waals surface area (Å²) in [6.45, 7) is 2.87. The van der Waals surface area contributed by atoms with Gasteiger partial charge in [-0.2, -0.15) is 26.3 Å². The second kappa shape index (κ2) is 7.51. The molecule has 11 heteroatoms. The molecule has 31 heavy (non-hydrogen) atoms. The predicted molar refractivity (Wildman–Crippen MR) is 97.6 cm³/mol. The second-order valence-electron chi connectivity index (χ2n) is 7.03. The van der Waals surface area contributed by atoms with Crippen molar-refractivity contribution in [2.24, 2.45) is 5.16 Å². The number of ketones is 1. The highest BCUT2D eigenvalue weighted by molar-refractivity contribution is 6.30. The van der Waals surface area contributed by atoms with Crippen LogP contribution in [0.25, 0.3) is 0 Å². The van der Waals surface area contributed by atoms with Crippen molar-refractivity contribution in [1.29, 1.82) is 0 Å². The number of benzene rings is 2. The number of carbonyl (C=O) groups is 1. The molecule has 1 heterocycles. The van der Waals surface area contributed by atoms with E-state index < -0.39 is 46.3 Å². The first-order valence-electron chi connectivity index (χ1n) is 8.68. The van der Waals surface area contributed by atoms with E-state index in [1.54, 1.807) is 6.92 Å². The Labute approximate surface area is 176 Å². The molecule has 1 aliphatic heterocycles. The molecule has 166 valence electrons. The van der Waals surface area contributed by atoms with Crippen LogP contribution < -0.4 is 0 Å². The zero-order valence-electron chi connectivity index (χ0n) is 15.9. The molecule has 1 atom stereocenters. The summed E-state index contributed by atoms with van der Waals surface area (Å²) in [5, 5.41) is 2.27. The quantitative estimate of drug-likeness (QED) is 0.377. The Hall–Kier alpha value is -2.62. The van der Waals surface area contributed by atoms with E-state index in [4.69, 9.17) is 11.6 Å². The maximum atomic E-state index is 14.6. The van der Waals surface area contributed by atoms with Crippen molar-refractivity contribution in [2.45, 2.75) is 38.2 Å². The highest BCUT2D eigenvalue weighted by Crippen LogP contribution is 2.51. The summed E-state index contributed by atoms with van der Waals surface area (Å²) < 4.78 is 96.1. The van der Waals surface area contributed by atoms with Crippen LogP contribution in [0.2, 0.25) is 5.02 Å². The maximum absolute atomic E-state index is 14.6. The van der Waals surface area contributed by atoms with Gasteiger partial charge in [0.15, 0.2) is 5.78 Å². The highest BCUT2D eigenvalue weighted by atomic mass is 35.5. The molecular weight excluding hydrogens is 455 g/mol.